The van der Waals surface area contributed by atoms with Crippen molar-refractivity contribution in [2.24, 2.45) is 5.41 Å². The Hall–Kier alpha value is -0.0400. The minimum absolute atomic E-state index is 0.228. The van der Waals surface area contributed by atoms with E-state index in [9.17, 15) is 5.11 Å². The molecule has 1 N–H and O–H groups in total. The van der Waals surface area contributed by atoms with Crippen molar-refractivity contribution in [3.05, 3.63) is 0 Å². The third-order valence-electron chi connectivity index (χ3n) is 3.65. The van der Waals surface area contributed by atoms with Crippen LogP contribution in [0.3, 0.4) is 0 Å². The summed E-state index contributed by atoms with van der Waals surface area (Å²) in [5, 5.41) is 9.38. The Morgan fingerprint density at radius 1 is 0.857 bits per heavy atom. The molecule has 0 aliphatic rings. The highest BCUT2D eigenvalue weighted by Crippen LogP contribution is 2.32. The van der Waals surface area contributed by atoms with Gasteiger partial charge in [-0.2, -0.15) is 0 Å². The quantitative estimate of drug-likeness (QED) is 0.554. The van der Waals surface area contributed by atoms with Gasteiger partial charge in [0.25, 0.3) is 0 Å². The first-order valence-electron chi connectivity index (χ1n) is 6.35. The Kier molecular flexibility index (Phi) is 8.26. The molecular weight excluding hydrogens is 172 g/mol. The lowest BCUT2D eigenvalue weighted by Crippen LogP contribution is -2.23. The standard InChI is InChI=1S/C13H28O/c1-4-7-8-9-10-11-13(5-2,6-3)12-14/h14H,4-12H2,1-3H3. The van der Waals surface area contributed by atoms with Crippen molar-refractivity contribution in [3.63, 3.8) is 0 Å². The minimum atomic E-state index is 0.228. The lowest BCUT2D eigenvalue weighted by atomic mass is 9.78. The van der Waals surface area contributed by atoms with Crippen LogP contribution >= 0.6 is 0 Å². The molecular formula is C13H28O. The number of aliphatic hydroxyl groups is 1. The predicted octanol–water partition coefficient (Wildman–Crippen LogP) is 4.15. The number of unbranched alkanes of at least 4 members (excludes halogenated alkanes) is 4. The first-order valence-corrected chi connectivity index (χ1v) is 6.35. The summed E-state index contributed by atoms with van der Waals surface area (Å²) in [5.41, 5.74) is 0.228. The third-order valence-corrected chi connectivity index (χ3v) is 3.65. The van der Waals surface area contributed by atoms with E-state index in [2.05, 4.69) is 20.8 Å². The molecule has 14 heavy (non-hydrogen) atoms. The van der Waals surface area contributed by atoms with Gasteiger partial charge in [0.1, 0.15) is 0 Å². The molecule has 0 spiro atoms. The van der Waals surface area contributed by atoms with Crippen molar-refractivity contribution in [1.29, 1.82) is 0 Å². The summed E-state index contributed by atoms with van der Waals surface area (Å²) >= 11 is 0. The predicted molar refractivity (Wildman–Crippen MR) is 63.5 cm³/mol. The molecule has 0 heterocycles. The van der Waals surface area contributed by atoms with Gasteiger partial charge in [0.05, 0.1) is 0 Å². The molecule has 0 atom stereocenters. The molecule has 0 aromatic rings. The van der Waals surface area contributed by atoms with Gasteiger partial charge in [-0.1, -0.05) is 52.9 Å². The van der Waals surface area contributed by atoms with E-state index in [0.717, 1.165) is 12.8 Å². The smallest absolute Gasteiger partial charge is 0.0487 e. The zero-order valence-electron chi connectivity index (χ0n) is 10.3. The Labute approximate surface area is 89.9 Å². The number of rotatable bonds is 9. The van der Waals surface area contributed by atoms with Gasteiger partial charge in [-0.15, -0.1) is 0 Å². The second-order valence-corrected chi connectivity index (χ2v) is 4.53. The van der Waals surface area contributed by atoms with E-state index >= 15 is 0 Å². The second-order valence-electron chi connectivity index (χ2n) is 4.53. The molecule has 0 fully saturated rings. The largest absolute Gasteiger partial charge is 0.396 e. The fourth-order valence-corrected chi connectivity index (χ4v) is 2.01. The van der Waals surface area contributed by atoms with Crippen LogP contribution in [0.15, 0.2) is 0 Å². The van der Waals surface area contributed by atoms with E-state index < -0.39 is 0 Å². The highest BCUT2D eigenvalue weighted by Gasteiger charge is 2.23. The molecule has 0 aromatic heterocycles. The molecule has 0 rings (SSSR count). The molecule has 1 heteroatoms. The summed E-state index contributed by atoms with van der Waals surface area (Å²) < 4.78 is 0. The second kappa shape index (κ2) is 8.28. The van der Waals surface area contributed by atoms with Crippen LogP contribution in [-0.2, 0) is 0 Å². The van der Waals surface area contributed by atoms with Crippen LogP contribution in [0.1, 0.15) is 72.1 Å². The van der Waals surface area contributed by atoms with Crippen LogP contribution in [0.4, 0.5) is 0 Å². The normalized spacial score (nSPS) is 12.0. The summed E-state index contributed by atoms with van der Waals surface area (Å²) in [7, 11) is 0. The molecule has 0 saturated carbocycles. The minimum Gasteiger partial charge on any atom is -0.396 e. The summed E-state index contributed by atoms with van der Waals surface area (Å²) in [6.45, 7) is 7.02. The Balaban J connectivity index is 3.61. The Bertz CT molecular complexity index is 108. The average Bonchev–Trinajstić information content (AvgIpc) is 2.24. The maximum Gasteiger partial charge on any atom is 0.0487 e. The van der Waals surface area contributed by atoms with Crippen molar-refractivity contribution >= 4 is 0 Å². The van der Waals surface area contributed by atoms with Crippen LogP contribution in [0.2, 0.25) is 0 Å². The van der Waals surface area contributed by atoms with Gasteiger partial charge < -0.3 is 5.11 Å². The molecule has 0 aromatic carbocycles. The summed E-state index contributed by atoms with van der Waals surface area (Å²) in [6.07, 6.45) is 10.1. The average molecular weight is 200 g/mol. The molecule has 0 saturated heterocycles. The van der Waals surface area contributed by atoms with Crippen LogP contribution in [0.5, 0.6) is 0 Å². The van der Waals surface area contributed by atoms with Gasteiger partial charge in [0.15, 0.2) is 0 Å². The van der Waals surface area contributed by atoms with Crippen LogP contribution in [0.25, 0.3) is 0 Å². The Morgan fingerprint density at radius 3 is 1.86 bits per heavy atom. The van der Waals surface area contributed by atoms with E-state index in [0.29, 0.717) is 6.61 Å². The zero-order chi connectivity index (χ0) is 10.9. The molecule has 86 valence electrons. The van der Waals surface area contributed by atoms with Crippen LogP contribution in [-0.4, -0.2) is 11.7 Å². The van der Waals surface area contributed by atoms with Crippen LogP contribution in [0, 0.1) is 5.41 Å². The van der Waals surface area contributed by atoms with Gasteiger partial charge in [0, 0.05) is 6.61 Å². The molecule has 0 aliphatic carbocycles. The molecule has 1 nitrogen and oxygen atoms in total. The third kappa shape index (κ3) is 4.99. The summed E-state index contributed by atoms with van der Waals surface area (Å²) in [6, 6.07) is 0. The number of aliphatic hydroxyl groups excluding tert-OH is 1. The highest BCUT2D eigenvalue weighted by atomic mass is 16.3. The molecule has 0 unspecified atom stereocenters. The molecule has 0 radical (unpaired) electrons. The zero-order valence-corrected chi connectivity index (χ0v) is 10.3. The molecule has 0 aliphatic heterocycles. The molecule has 0 amide bonds. The monoisotopic (exact) mass is 200 g/mol. The fraction of sp³-hybridized carbons (Fsp3) is 1.00. The van der Waals surface area contributed by atoms with E-state index in [1.54, 1.807) is 0 Å². The van der Waals surface area contributed by atoms with Crippen LogP contribution < -0.4 is 0 Å². The van der Waals surface area contributed by atoms with E-state index in [-0.39, 0.29) is 5.41 Å². The maximum atomic E-state index is 9.38. The Morgan fingerprint density at radius 2 is 1.43 bits per heavy atom. The van der Waals surface area contributed by atoms with Crippen molar-refractivity contribution in [2.45, 2.75) is 72.1 Å². The van der Waals surface area contributed by atoms with Gasteiger partial charge in [-0.3, -0.25) is 0 Å². The topological polar surface area (TPSA) is 20.2 Å². The van der Waals surface area contributed by atoms with E-state index in [1.165, 1.54) is 38.5 Å². The van der Waals surface area contributed by atoms with Gasteiger partial charge in [0.2, 0.25) is 0 Å². The fourth-order valence-electron chi connectivity index (χ4n) is 2.01. The molecule has 0 bridgehead atoms. The first-order chi connectivity index (χ1) is 6.74. The summed E-state index contributed by atoms with van der Waals surface area (Å²) in [5.74, 6) is 0. The van der Waals surface area contributed by atoms with Crippen molar-refractivity contribution < 1.29 is 5.11 Å². The van der Waals surface area contributed by atoms with Crippen molar-refractivity contribution in [2.75, 3.05) is 6.61 Å². The van der Waals surface area contributed by atoms with Gasteiger partial charge >= 0.3 is 0 Å². The number of hydrogen-bond acceptors (Lipinski definition) is 1. The van der Waals surface area contributed by atoms with E-state index in [1.807, 2.05) is 0 Å². The van der Waals surface area contributed by atoms with Gasteiger partial charge in [-0.05, 0) is 24.7 Å². The maximum absolute atomic E-state index is 9.38. The van der Waals surface area contributed by atoms with Crippen molar-refractivity contribution in [1.82, 2.24) is 0 Å². The SMILES string of the molecule is CCCCCCCC(CC)(CC)CO. The van der Waals surface area contributed by atoms with Crippen molar-refractivity contribution in [3.8, 4) is 0 Å². The lowest BCUT2D eigenvalue weighted by Gasteiger charge is -2.29. The lowest BCUT2D eigenvalue weighted by molar-refractivity contribution is 0.102. The summed E-state index contributed by atoms with van der Waals surface area (Å²) in [4.78, 5) is 0. The first kappa shape index (κ1) is 14.0. The van der Waals surface area contributed by atoms with Gasteiger partial charge in [-0.25, -0.2) is 0 Å². The highest BCUT2D eigenvalue weighted by molar-refractivity contribution is 4.75. The number of hydrogen-bond donors (Lipinski definition) is 1. The van der Waals surface area contributed by atoms with E-state index in [4.69, 9.17) is 0 Å².